The van der Waals surface area contributed by atoms with Crippen molar-refractivity contribution in [3.05, 3.63) is 17.5 Å². The van der Waals surface area contributed by atoms with E-state index in [0.717, 1.165) is 12.8 Å². The smallest absolute Gasteiger partial charge is 0.210 e. The molecule has 1 aromatic rings. The fraction of sp³-hybridized carbons (Fsp3) is 0.600. The van der Waals surface area contributed by atoms with Crippen molar-refractivity contribution in [1.82, 2.24) is 4.72 Å². The van der Waals surface area contributed by atoms with E-state index in [1.54, 1.807) is 17.5 Å². The molecule has 15 heavy (non-hydrogen) atoms. The van der Waals surface area contributed by atoms with Crippen LogP contribution in [0, 0.1) is 5.92 Å². The first-order chi connectivity index (χ1) is 7.10. The van der Waals surface area contributed by atoms with Gasteiger partial charge in [0.1, 0.15) is 4.21 Å². The van der Waals surface area contributed by atoms with Crippen molar-refractivity contribution in [3.63, 3.8) is 0 Å². The Balaban J connectivity index is 2.59. The minimum absolute atomic E-state index is 0.397. The average molecular weight is 247 g/mol. The highest BCUT2D eigenvalue weighted by Crippen LogP contribution is 2.16. The second-order valence-electron chi connectivity index (χ2n) is 3.47. The van der Waals surface area contributed by atoms with E-state index in [-0.39, 0.29) is 0 Å². The van der Waals surface area contributed by atoms with Gasteiger partial charge in [0.15, 0.2) is 0 Å². The lowest BCUT2D eigenvalue weighted by Crippen LogP contribution is -2.28. The third kappa shape index (κ3) is 3.59. The number of nitrogens with one attached hydrogen (secondary N) is 1. The van der Waals surface area contributed by atoms with Gasteiger partial charge in [-0.25, -0.2) is 13.1 Å². The molecule has 0 saturated heterocycles. The molecule has 0 saturated carbocycles. The molecule has 0 spiro atoms. The van der Waals surface area contributed by atoms with E-state index in [0.29, 0.717) is 16.7 Å². The van der Waals surface area contributed by atoms with Crippen molar-refractivity contribution in [1.29, 1.82) is 0 Å². The summed E-state index contributed by atoms with van der Waals surface area (Å²) in [7, 11) is -3.26. The van der Waals surface area contributed by atoms with E-state index >= 15 is 0 Å². The van der Waals surface area contributed by atoms with Gasteiger partial charge in [-0.15, -0.1) is 11.3 Å². The van der Waals surface area contributed by atoms with Crippen LogP contribution in [0.5, 0.6) is 0 Å². The SMILES string of the molecule is CCC(CC)CNS(=O)(=O)c1cccs1. The summed E-state index contributed by atoms with van der Waals surface area (Å²) in [5, 5.41) is 1.77. The number of rotatable bonds is 6. The molecule has 0 unspecified atom stereocenters. The summed E-state index contributed by atoms with van der Waals surface area (Å²) in [4.78, 5) is 0. The molecule has 86 valence electrons. The van der Waals surface area contributed by atoms with Gasteiger partial charge >= 0.3 is 0 Å². The van der Waals surface area contributed by atoms with Gasteiger partial charge < -0.3 is 0 Å². The zero-order valence-corrected chi connectivity index (χ0v) is 10.7. The highest BCUT2D eigenvalue weighted by atomic mass is 32.2. The molecule has 0 aliphatic rings. The zero-order valence-electron chi connectivity index (χ0n) is 9.06. The van der Waals surface area contributed by atoms with Gasteiger partial charge in [-0.2, -0.15) is 0 Å². The molecule has 0 amide bonds. The van der Waals surface area contributed by atoms with Crippen LogP contribution in [0.25, 0.3) is 0 Å². The first-order valence-electron chi connectivity index (χ1n) is 5.13. The fourth-order valence-corrected chi connectivity index (χ4v) is 3.45. The lowest BCUT2D eigenvalue weighted by molar-refractivity contribution is 0.479. The summed E-state index contributed by atoms with van der Waals surface area (Å²) in [6.07, 6.45) is 2.01. The first-order valence-corrected chi connectivity index (χ1v) is 7.49. The van der Waals surface area contributed by atoms with Crippen LogP contribution in [0.4, 0.5) is 0 Å². The molecule has 0 aliphatic carbocycles. The molecule has 1 N–H and O–H groups in total. The third-order valence-corrected chi connectivity index (χ3v) is 5.30. The van der Waals surface area contributed by atoms with E-state index in [1.165, 1.54) is 11.3 Å². The maximum Gasteiger partial charge on any atom is 0.250 e. The topological polar surface area (TPSA) is 46.2 Å². The molecule has 1 heterocycles. The second-order valence-corrected chi connectivity index (χ2v) is 6.41. The lowest BCUT2D eigenvalue weighted by atomic mass is 10.0. The predicted octanol–water partition coefficient (Wildman–Crippen LogP) is 2.46. The molecule has 3 nitrogen and oxygen atoms in total. The van der Waals surface area contributed by atoms with Crippen LogP contribution < -0.4 is 4.72 Å². The summed E-state index contributed by atoms with van der Waals surface area (Å²) in [6, 6.07) is 3.37. The van der Waals surface area contributed by atoms with E-state index in [2.05, 4.69) is 18.6 Å². The van der Waals surface area contributed by atoms with Crippen molar-refractivity contribution in [2.24, 2.45) is 5.92 Å². The van der Waals surface area contributed by atoms with Crippen LogP contribution in [0.1, 0.15) is 26.7 Å². The zero-order chi connectivity index (χ0) is 11.3. The number of thiophene rings is 1. The van der Waals surface area contributed by atoms with Crippen LogP contribution in [-0.2, 0) is 10.0 Å². The molecule has 0 aromatic carbocycles. The number of hydrogen-bond donors (Lipinski definition) is 1. The maximum absolute atomic E-state index is 11.7. The van der Waals surface area contributed by atoms with E-state index in [1.807, 2.05) is 0 Å². The van der Waals surface area contributed by atoms with Gasteiger partial charge in [-0.05, 0) is 17.4 Å². The van der Waals surface area contributed by atoms with Gasteiger partial charge in [0.2, 0.25) is 10.0 Å². The number of hydrogen-bond acceptors (Lipinski definition) is 3. The van der Waals surface area contributed by atoms with Gasteiger partial charge in [0.05, 0.1) is 0 Å². The van der Waals surface area contributed by atoms with Gasteiger partial charge in [0, 0.05) is 6.54 Å². The quantitative estimate of drug-likeness (QED) is 0.839. The highest BCUT2D eigenvalue weighted by molar-refractivity contribution is 7.91. The predicted molar refractivity (Wildman–Crippen MR) is 63.6 cm³/mol. The van der Waals surface area contributed by atoms with E-state index in [4.69, 9.17) is 0 Å². The van der Waals surface area contributed by atoms with Gasteiger partial charge in [-0.3, -0.25) is 0 Å². The van der Waals surface area contributed by atoms with Gasteiger partial charge in [-0.1, -0.05) is 32.8 Å². The van der Waals surface area contributed by atoms with Crippen molar-refractivity contribution >= 4 is 21.4 Å². The van der Waals surface area contributed by atoms with Gasteiger partial charge in [0.25, 0.3) is 0 Å². The molecule has 5 heteroatoms. The Morgan fingerprint density at radius 3 is 2.53 bits per heavy atom. The summed E-state index contributed by atoms with van der Waals surface area (Å²) in [6.45, 7) is 4.69. The summed E-state index contributed by atoms with van der Waals surface area (Å²) in [5.41, 5.74) is 0. The first kappa shape index (κ1) is 12.7. The van der Waals surface area contributed by atoms with Crippen molar-refractivity contribution in [2.75, 3.05) is 6.54 Å². The molecule has 0 bridgehead atoms. The Morgan fingerprint density at radius 2 is 2.07 bits per heavy atom. The van der Waals surface area contributed by atoms with Crippen molar-refractivity contribution < 1.29 is 8.42 Å². The summed E-state index contributed by atoms with van der Waals surface area (Å²) >= 11 is 1.25. The van der Waals surface area contributed by atoms with Crippen LogP contribution >= 0.6 is 11.3 Å². The molecular weight excluding hydrogens is 230 g/mol. The third-order valence-electron chi connectivity index (χ3n) is 2.48. The maximum atomic E-state index is 11.7. The average Bonchev–Trinajstić information content (AvgIpc) is 2.72. The molecule has 1 aromatic heterocycles. The van der Waals surface area contributed by atoms with E-state index in [9.17, 15) is 8.42 Å². The molecule has 1 rings (SSSR count). The highest BCUT2D eigenvalue weighted by Gasteiger charge is 2.15. The minimum Gasteiger partial charge on any atom is -0.210 e. The van der Waals surface area contributed by atoms with Crippen molar-refractivity contribution in [2.45, 2.75) is 30.9 Å². The largest absolute Gasteiger partial charge is 0.250 e. The molecular formula is C10H17NO2S2. The van der Waals surface area contributed by atoms with E-state index < -0.39 is 10.0 Å². The molecule has 0 radical (unpaired) electrons. The Morgan fingerprint density at radius 1 is 1.40 bits per heavy atom. The Bertz CT molecular complexity index is 366. The lowest BCUT2D eigenvalue weighted by Gasteiger charge is -2.12. The molecule has 0 atom stereocenters. The monoisotopic (exact) mass is 247 g/mol. The Labute approximate surface area is 95.6 Å². The van der Waals surface area contributed by atoms with Crippen LogP contribution in [0.2, 0.25) is 0 Å². The van der Waals surface area contributed by atoms with Crippen LogP contribution in [0.15, 0.2) is 21.7 Å². The standard InChI is InChI=1S/C10H17NO2S2/c1-3-9(4-2)8-11-15(12,13)10-6-5-7-14-10/h5-7,9,11H,3-4,8H2,1-2H3. The van der Waals surface area contributed by atoms with Crippen molar-refractivity contribution in [3.8, 4) is 0 Å². The normalized spacial score (nSPS) is 12.2. The summed E-state index contributed by atoms with van der Waals surface area (Å²) in [5.74, 6) is 0.430. The fourth-order valence-electron chi connectivity index (χ4n) is 1.29. The molecule has 0 aliphatic heterocycles. The van der Waals surface area contributed by atoms with Crippen LogP contribution in [0.3, 0.4) is 0 Å². The molecule has 0 fully saturated rings. The summed E-state index contributed by atoms with van der Waals surface area (Å²) < 4.78 is 26.5. The Hall–Kier alpha value is -0.390. The second kappa shape index (κ2) is 5.63. The van der Waals surface area contributed by atoms with Crippen LogP contribution in [-0.4, -0.2) is 15.0 Å². The minimum atomic E-state index is -3.26. The Kier molecular flexibility index (Phi) is 4.76. The number of sulfonamides is 1.